The summed E-state index contributed by atoms with van der Waals surface area (Å²) in [4.78, 5) is 31.9. The van der Waals surface area contributed by atoms with Gasteiger partial charge in [0.05, 0.1) is 32.0 Å². The molecule has 0 radical (unpaired) electrons. The number of benzene rings is 2. The van der Waals surface area contributed by atoms with E-state index in [1.165, 1.54) is 0 Å². The van der Waals surface area contributed by atoms with Crippen LogP contribution in [-0.4, -0.2) is 16.0 Å². The van der Waals surface area contributed by atoms with Gasteiger partial charge in [-0.05, 0) is 12.1 Å². The van der Waals surface area contributed by atoms with Crippen LogP contribution in [0.2, 0.25) is 20.1 Å². The van der Waals surface area contributed by atoms with Crippen LogP contribution in [0.5, 0.6) is 11.5 Å². The predicted octanol–water partition coefficient (Wildman–Crippen LogP) is 5.69. The Morgan fingerprint density at radius 3 is 1.38 bits per heavy atom. The van der Waals surface area contributed by atoms with Gasteiger partial charge in [0.25, 0.3) is 11.4 Å². The van der Waals surface area contributed by atoms with Crippen molar-refractivity contribution in [2.45, 2.75) is 0 Å². The van der Waals surface area contributed by atoms with Crippen LogP contribution in [0.25, 0.3) is 0 Å². The van der Waals surface area contributed by atoms with Crippen LogP contribution in [0.3, 0.4) is 0 Å². The molecule has 2 aromatic carbocycles. The molecule has 9 nitrogen and oxygen atoms in total. The summed E-state index contributed by atoms with van der Waals surface area (Å²) in [7, 11) is 0. The molecule has 0 atom stereocenters. The maximum absolute atomic E-state index is 11.9. The number of nitro benzene ring substituents is 2. The van der Waals surface area contributed by atoms with Crippen LogP contribution in [0, 0.1) is 20.2 Å². The molecule has 0 spiro atoms. The smallest absolute Gasteiger partial charge is 0.393 e. The minimum absolute atomic E-state index is 0.203. The Morgan fingerprint density at radius 2 is 1.08 bits per heavy atom. The molecule has 26 heavy (non-hydrogen) atoms. The third-order valence-corrected chi connectivity index (χ3v) is 3.98. The number of carbonyl (C=O) groups excluding carboxylic acids is 1. The molecule has 0 saturated heterocycles. The second-order valence-electron chi connectivity index (χ2n) is 4.44. The van der Waals surface area contributed by atoms with E-state index in [0.717, 1.165) is 24.3 Å². The topological polar surface area (TPSA) is 122 Å². The van der Waals surface area contributed by atoms with Gasteiger partial charge >= 0.3 is 6.16 Å². The summed E-state index contributed by atoms with van der Waals surface area (Å²) in [6, 6.07) is 3.64. The third-order valence-electron chi connectivity index (χ3n) is 2.78. The molecular weight excluding hydrogens is 438 g/mol. The molecule has 0 heterocycles. The predicted molar refractivity (Wildman–Crippen MR) is 92.9 cm³/mol. The zero-order valence-electron chi connectivity index (χ0n) is 12.1. The third kappa shape index (κ3) is 4.44. The fourth-order valence-electron chi connectivity index (χ4n) is 1.67. The zero-order valence-corrected chi connectivity index (χ0v) is 15.1. The van der Waals surface area contributed by atoms with Crippen molar-refractivity contribution in [3.63, 3.8) is 0 Å². The quantitative estimate of drug-likeness (QED) is 0.258. The molecule has 2 aromatic rings. The molecule has 0 aromatic heterocycles. The highest BCUT2D eigenvalue weighted by atomic mass is 35.5. The molecule has 0 aliphatic heterocycles. The van der Waals surface area contributed by atoms with E-state index >= 15 is 0 Å². The lowest BCUT2D eigenvalue weighted by Gasteiger charge is -2.09. The summed E-state index contributed by atoms with van der Waals surface area (Å²) in [5.74, 6) is -0.820. The Morgan fingerprint density at radius 1 is 0.731 bits per heavy atom. The van der Waals surface area contributed by atoms with Gasteiger partial charge < -0.3 is 9.47 Å². The van der Waals surface area contributed by atoms with Crippen molar-refractivity contribution in [3.05, 3.63) is 64.6 Å². The lowest BCUT2D eigenvalue weighted by Crippen LogP contribution is -2.14. The number of halogens is 4. The van der Waals surface area contributed by atoms with Crippen LogP contribution < -0.4 is 9.47 Å². The summed E-state index contributed by atoms with van der Waals surface area (Å²) in [6.07, 6.45) is -1.40. The number of nitrogens with zero attached hydrogens (tertiary/aromatic N) is 2. The van der Waals surface area contributed by atoms with Crippen molar-refractivity contribution in [2.24, 2.45) is 0 Å². The second-order valence-corrected chi connectivity index (χ2v) is 6.07. The highest BCUT2D eigenvalue weighted by molar-refractivity contribution is 6.37. The molecular formula is C13H4Cl4N2O7. The zero-order chi connectivity index (χ0) is 19.6. The summed E-state index contributed by atoms with van der Waals surface area (Å²) in [5.41, 5.74) is -1.11. The second kappa shape index (κ2) is 7.92. The van der Waals surface area contributed by atoms with E-state index in [-0.39, 0.29) is 20.1 Å². The number of nitro groups is 2. The van der Waals surface area contributed by atoms with Crippen LogP contribution in [-0.2, 0) is 0 Å². The van der Waals surface area contributed by atoms with Crippen LogP contribution in [0.15, 0.2) is 24.3 Å². The molecule has 0 saturated carbocycles. The van der Waals surface area contributed by atoms with E-state index in [0.29, 0.717) is 0 Å². The van der Waals surface area contributed by atoms with Gasteiger partial charge in [-0.3, -0.25) is 20.2 Å². The van der Waals surface area contributed by atoms with Crippen molar-refractivity contribution in [2.75, 3.05) is 0 Å². The molecule has 2 rings (SSSR count). The van der Waals surface area contributed by atoms with Crippen molar-refractivity contribution >= 4 is 63.9 Å². The molecule has 0 bridgehead atoms. The largest absolute Gasteiger partial charge is 0.519 e. The Kier molecular flexibility index (Phi) is 6.09. The minimum atomic E-state index is -1.40. The first-order valence-corrected chi connectivity index (χ1v) is 7.78. The highest BCUT2D eigenvalue weighted by Crippen LogP contribution is 2.37. The average Bonchev–Trinajstić information content (AvgIpc) is 2.51. The van der Waals surface area contributed by atoms with Gasteiger partial charge in [0, 0.05) is 0 Å². The van der Waals surface area contributed by atoms with E-state index in [4.69, 9.17) is 55.9 Å². The molecule has 0 fully saturated rings. The average molecular weight is 442 g/mol. The van der Waals surface area contributed by atoms with Crippen molar-refractivity contribution in [1.29, 1.82) is 0 Å². The number of hydrogen-bond acceptors (Lipinski definition) is 7. The molecule has 0 amide bonds. The minimum Gasteiger partial charge on any atom is -0.393 e. The maximum Gasteiger partial charge on any atom is 0.519 e. The number of rotatable bonds is 4. The summed E-state index contributed by atoms with van der Waals surface area (Å²) >= 11 is 22.9. The van der Waals surface area contributed by atoms with Crippen LogP contribution >= 0.6 is 46.4 Å². The van der Waals surface area contributed by atoms with Gasteiger partial charge in [0.2, 0.25) is 0 Å². The van der Waals surface area contributed by atoms with Gasteiger partial charge in [0.15, 0.2) is 11.5 Å². The molecule has 136 valence electrons. The summed E-state index contributed by atoms with van der Waals surface area (Å²) in [5, 5.41) is 20.8. The van der Waals surface area contributed by atoms with Crippen molar-refractivity contribution in [3.8, 4) is 11.5 Å². The van der Waals surface area contributed by atoms with E-state index in [2.05, 4.69) is 0 Å². The fourth-order valence-corrected chi connectivity index (χ4v) is 2.65. The van der Waals surface area contributed by atoms with Crippen LogP contribution in [0.1, 0.15) is 0 Å². The SMILES string of the molecule is O=C(Oc1cc([N+](=O)[O-])c(Cl)cc1Cl)Oc1cc([N+](=O)[O-])c(Cl)cc1Cl. The monoisotopic (exact) mass is 440 g/mol. The number of ether oxygens (including phenoxy) is 2. The van der Waals surface area contributed by atoms with E-state index in [1.54, 1.807) is 0 Å². The molecule has 0 aliphatic carbocycles. The van der Waals surface area contributed by atoms with Crippen molar-refractivity contribution in [1.82, 2.24) is 0 Å². The van der Waals surface area contributed by atoms with E-state index in [9.17, 15) is 25.0 Å². The lowest BCUT2D eigenvalue weighted by molar-refractivity contribution is -0.384. The highest BCUT2D eigenvalue weighted by Gasteiger charge is 2.22. The van der Waals surface area contributed by atoms with Gasteiger partial charge in [-0.1, -0.05) is 46.4 Å². The Bertz CT molecular complexity index is 862. The molecule has 0 unspecified atom stereocenters. The molecule has 13 heteroatoms. The van der Waals surface area contributed by atoms with Gasteiger partial charge in [-0.2, -0.15) is 0 Å². The van der Waals surface area contributed by atoms with E-state index in [1.807, 2.05) is 0 Å². The standard InChI is InChI=1S/C13H4Cl4N2O7/c14-5-1-7(16)11(3-9(5)18(21)22)25-13(20)26-12-4-10(19(23)24)6(15)2-8(12)17/h1-4H. The normalized spacial score (nSPS) is 10.3. The molecule has 0 aliphatic rings. The summed E-state index contributed by atoms with van der Waals surface area (Å²) in [6.45, 7) is 0. The van der Waals surface area contributed by atoms with Crippen LogP contribution in [0.4, 0.5) is 16.2 Å². The first-order chi connectivity index (χ1) is 12.1. The Hall–Kier alpha value is -2.33. The van der Waals surface area contributed by atoms with Gasteiger partial charge in [0.1, 0.15) is 10.0 Å². The number of carbonyl (C=O) groups is 1. The lowest BCUT2D eigenvalue weighted by atomic mass is 10.3. The summed E-state index contributed by atoms with van der Waals surface area (Å²) < 4.78 is 9.53. The fraction of sp³-hybridized carbons (Fsp3) is 0. The van der Waals surface area contributed by atoms with Gasteiger partial charge in [-0.15, -0.1) is 0 Å². The number of hydrogen-bond donors (Lipinski definition) is 0. The first-order valence-electron chi connectivity index (χ1n) is 6.26. The first kappa shape index (κ1) is 20.0. The van der Waals surface area contributed by atoms with Gasteiger partial charge in [-0.25, -0.2) is 4.79 Å². The maximum atomic E-state index is 11.9. The van der Waals surface area contributed by atoms with E-state index < -0.39 is 38.9 Å². The Labute approximate surface area is 164 Å². The Balaban J connectivity index is 2.27. The van der Waals surface area contributed by atoms with Crippen molar-refractivity contribution < 1.29 is 24.1 Å². The molecule has 0 N–H and O–H groups in total.